The van der Waals surface area contributed by atoms with Crippen LogP contribution in [0.2, 0.25) is 0 Å². The van der Waals surface area contributed by atoms with Gasteiger partial charge in [-0.15, -0.1) is 0 Å². The van der Waals surface area contributed by atoms with E-state index in [1.807, 2.05) is 36.4 Å². The van der Waals surface area contributed by atoms with E-state index in [2.05, 4.69) is 0 Å². The van der Waals surface area contributed by atoms with Crippen molar-refractivity contribution in [2.45, 2.75) is 13.0 Å². The van der Waals surface area contributed by atoms with Crippen molar-refractivity contribution in [1.29, 1.82) is 0 Å². The van der Waals surface area contributed by atoms with Crippen molar-refractivity contribution in [3.05, 3.63) is 82.6 Å². The van der Waals surface area contributed by atoms with E-state index >= 15 is 0 Å². The molecule has 0 aliphatic rings. The van der Waals surface area contributed by atoms with Crippen LogP contribution in [-0.2, 0) is 13.0 Å². The predicted molar refractivity (Wildman–Crippen MR) is 116 cm³/mol. The second-order valence-corrected chi connectivity index (χ2v) is 6.87. The average molecular weight is 402 g/mol. The lowest BCUT2D eigenvalue weighted by molar-refractivity contribution is 0.354. The lowest BCUT2D eigenvalue weighted by atomic mass is 10.1. The minimum Gasteiger partial charge on any atom is -0.507 e. The summed E-state index contributed by atoms with van der Waals surface area (Å²) >= 11 is 0. The van der Waals surface area contributed by atoms with E-state index < -0.39 is 0 Å². The number of phenols is 1. The summed E-state index contributed by atoms with van der Waals surface area (Å²) in [6.07, 6.45) is 0.584. The molecule has 0 saturated carbocycles. The van der Waals surface area contributed by atoms with Crippen LogP contribution in [-0.4, -0.2) is 28.9 Å². The first-order valence-corrected chi connectivity index (χ1v) is 9.61. The number of ether oxygens (including phenoxy) is 2. The third-order valence-corrected chi connectivity index (χ3v) is 5.08. The minimum absolute atomic E-state index is 0.0829. The Balaban J connectivity index is 1.80. The average Bonchev–Trinajstić information content (AvgIpc) is 2.78. The molecule has 6 heteroatoms. The van der Waals surface area contributed by atoms with E-state index in [-0.39, 0.29) is 11.3 Å². The van der Waals surface area contributed by atoms with Gasteiger partial charge in [-0.3, -0.25) is 9.36 Å². The summed E-state index contributed by atoms with van der Waals surface area (Å²) in [6.45, 7) is 0.399. The van der Waals surface area contributed by atoms with Crippen LogP contribution < -0.4 is 15.0 Å². The number of phenolic OH excluding ortho intramolecular Hbond substituents is 1. The molecule has 0 bridgehead atoms. The van der Waals surface area contributed by atoms with Gasteiger partial charge in [0.2, 0.25) is 0 Å². The summed E-state index contributed by atoms with van der Waals surface area (Å²) in [7, 11) is 3.19. The van der Waals surface area contributed by atoms with Crippen molar-refractivity contribution in [2.24, 2.45) is 0 Å². The molecule has 0 amide bonds. The van der Waals surface area contributed by atoms with Crippen LogP contribution in [0.5, 0.6) is 17.2 Å². The van der Waals surface area contributed by atoms with Gasteiger partial charge >= 0.3 is 0 Å². The van der Waals surface area contributed by atoms with Crippen molar-refractivity contribution in [3.8, 4) is 28.6 Å². The molecule has 152 valence electrons. The number of aryl methyl sites for hydroxylation is 1. The first kappa shape index (κ1) is 19.5. The molecular weight excluding hydrogens is 380 g/mol. The number of methoxy groups -OCH3 is 2. The Morgan fingerprint density at radius 1 is 0.933 bits per heavy atom. The number of aromatic hydroxyl groups is 1. The first-order valence-electron chi connectivity index (χ1n) is 9.61. The summed E-state index contributed by atoms with van der Waals surface area (Å²) < 4.78 is 12.3. The molecular formula is C24H22N2O4. The van der Waals surface area contributed by atoms with Crippen LogP contribution in [0.1, 0.15) is 5.56 Å². The summed E-state index contributed by atoms with van der Waals surface area (Å²) in [6, 6.07) is 19.8. The zero-order valence-corrected chi connectivity index (χ0v) is 16.8. The highest BCUT2D eigenvalue weighted by atomic mass is 16.5. The van der Waals surface area contributed by atoms with Crippen LogP contribution in [0.4, 0.5) is 0 Å². The first-order chi connectivity index (χ1) is 14.6. The minimum atomic E-state index is -0.140. The predicted octanol–water partition coefficient (Wildman–Crippen LogP) is 4.03. The normalized spacial score (nSPS) is 10.9. The lowest BCUT2D eigenvalue weighted by Gasteiger charge is -2.15. The third-order valence-electron chi connectivity index (χ3n) is 5.08. The van der Waals surface area contributed by atoms with Gasteiger partial charge in [-0.05, 0) is 48.4 Å². The van der Waals surface area contributed by atoms with E-state index in [1.54, 1.807) is 49.1 Å². The number of nitrogens with zero attached hydrogens (tertiary/aromatic N) is 2. The van der Waals surface area contributed by atoms with Gasteiger partial charge in [-0.1, -0.05) is 30.3 Å². The van der Waals surface area contributed by atoms with Crippen LogP contribution in [0.3, 0.4) is 0 Å². The standard InChI is InChI=1S/C24H22N2O4/c1-29-21-12-11-16(15-22(21)30-2)13-14-26-23(18-8-4-6-10-20(18)27)25-19-9-5-3-7-17(19)24(26)28/h3-12,15,27H,13-14H2,1-2H3. The quantitative estimate of drug-likeness (QED) is 0.527. The Labute approximate surface area is 174 Å². The molecule has 0 atom stereocenters. The molecule has 3 aromatic carbocycles. The Morgan fingerprint density at radius 2 is 1.67 bits per heavy atom. The largest absolute Gasteiger partial charge is 0.507 e. The van der Waals surface area contributed by atoms with Crippen molar-refractivity contribution < 1.29 is 14.6 Å². The Bertz CT molecular complexity index is 1260. The lowest BCUT2D eigenvalue weighted by Crippen LogP contribution is -2.24. The highest BCUT2D eigenvalue weighted by molar-refractivity contribution is 5.80. The maximum Gasteiger partial charge on any atom is 0.261 e. The highest BCUT2D eigenvalue weighted by Gasteiger charge is 2.15. The SMILES string of the molecule is COc1ccc(CCn2c(-c3ccccc3O)nc3ccccc3c2=O)cc1OC. The fourth-order valence-corrected chi connectivity index (χ4v) is 3.52. The number of hydrogen-bond acceptors (Lipinski definition) is 5. The van der Waals surface area contributed by atoms with E-state index in [0.29, 0.717) is 46.8 Å². The Morgan fingerprint density at radius 3 is 2.43 bits per heavy atom. The molecule has 0 aliphatic heterocycles. The number of hydrogen-bond donors (Lipinski definition) is 1. The molecule has 4 aromatic rings. The van der Waals surface area contributed by atoms with E-state index in [9.17, 15) is 9.90 Å². The van der Waals surface area contributed by atoms with Crippen molar-refractivity contribution >= 4 is 10.9 Å². The van der Waals surface area contributed by atoms with E-state index in [4.69, 9.17) is 14.5 Å². The maximum absolute atomic E-state index is 13.3. The van der Waals surface area contributed by atoms with Gasteiger partial charge in [0, 0.05) is 6.54 Å². The van der Waals surface area contributed by atoms with E-state index in [1.165, 1.54) is 0 Å². The fourth-order valence-electron chi connectivity index (χ4n) is 3.52. The molecule has 1 N–H and O–H groups in total. The second kappa shape index (κ2) is 8.29. The summed E-state index contributed by atoms with van der Waals surface area (Å²) in [5.41, 5.74) is 1.98. The molecule has 1 aromatic heterocycles. The molecule has 0 unspecified atom stereocenters. The topological polar surface area (TPSA) is 73.6 Å². The summed E-state index contributed by atoms with van der Waals surface area (Å²) in [5, 5.41) is 10.9. The monoisotopic (exact) mass is 402 g/mol. The Kier molecular flexibility index (Phi) is 5.39. The van der Waals surface area contributed by atoms with Gasteiger partial charge in [-0.2, -0.15) is 0 Å². The van der Waals surface area contributed by atoms with Gasteiger partial charge in [0.25, 0.3) is 5.56 Å². The van der Waals surface area contributed by atoms with E-state index in [0.717, 1.165) is 5.56 Å². The van der Waals surface area contributed by atoms with Gasteiger partial charge < -0.3 is 14.6 Å². The number of benzene rings is 3. The van der Waals surface area contributed by atoms with Gasteiger partial charge in [0.1, 0.15) is 11.6 Å². The molecule has 1 heterocycles. The number of fused-ring (bicyclic) bond motifs is 1. The third kappa shape index (κ3) is 3.59. The molecule has 30 heavy (non-hydrogen) atoms. The number of aromatic nitrogens is 2. The van der Waals surface area contributed by atoms with Crippen molar-refractivity contribution in [2.75, 3.05) is 14.2 Å². The summed E-state index contributed by atoms with van der Waals surface area (Å²) in [5.74, 6) is 1.82. The van der Waals surface area contributed by atoms with Crippen molar-refractivity contribution in [1.82, 2.24) is 9.55 Å². The smallest absolute Gasteiger partial charge is 0.261 e. The fraction of sp³-hybridized carbons (Fsp3) is 0.167. The number of rotatable bonds is 6. The zero-order valence-electron chi connectivity index (χ0n) is 16.8. The van der Waals surface area contributed by atoms with Crippen LogP contribution in [0.15, 0.2) is 71.5 Å². The molecule has 4 rings (SSSR count). The van der Waals surface area contributed by atoms with Gasteiger partial charge in [0.05, 0.1) is 30.7 Å². The second-order valence-electron chi connectivity index (χ2n) is 6.87. The molecule has 0 saturated heterocycles. The Hall–Kier alpha value is -3.80. The molecule has 6 nitrogen and oxygen atoms in total. The van der Waals surface area contributed by atoms with Gasteiger partial charge in [0.15, 0.2) is 11.5 Å². The van der Waals surface area contributed by atoms with Crippen molar-refractivity contribution in [3.63, 3.8) is 0 Å². The maximum atomic E-state index is 13.3. The molecule has 0 radical (unpaired) electrons. The van der Waals surface area contributed by atoms with Crippen LogP contribution in [0, 0.1) is 0 Å². The molecule has 0 fully saturated rings. The van der Waals surface area contributed by atoms with Crippen LogP contribution in [0.25, 0.3) is 22.3 Å². The number of para-hydroxylation sites is 2. The summed E-state index contributed by atoms with van der Waals surface area (Å²) in [4.78, 5) is 18.0. The highest BCUT2D eigenvalue weighted by Crippen LogP contribution is 2.29. The van der Waals surface area contributed by atoms with Gasteiger partial charge in [-0.25, -0.2) is 4.98 Å². The molecule has 0 spiro atoms. The zero-order chi connectivity index (χ0) is 21.1. The van der Waals surface area contributed by atoms with Crippen LogP contribution >= 0.6 is 0 Å². The molecule has 0 aliphatic carbocycles.